The van der Waals surface area contributed by atoms with Crippen molar-refractivity contribution >= 4 is 23.2 Å². The van der Waals surface area contributed by atoms with Gasteiger partial charge in [-0.25, -0.2) is 4.39 Å². The highest BCUT2D eigenvalue weighted by Gasteiger charge is 2.06. The van der Waals surface area contributed by atoms with E-state index < -0.39 is 0 Å². The summed E-state index contributed by atoms with van der Waals surface area (Å²) in [4.78, 5) is 0. The van der Waals surface area contributed by atoms with E-state index >= 15 is 0 Å². The quantitative estimate of drug-likeness (QED) is 0.769. The van der Waals surface area contributed by atoms with Gasteiger partial charge < -0.3 is 4.74 Å². The molecule has 0 aliphatic carbocycles. The summed E-state index contributed by atoms with van der Waals surface area (Å²) in [6, 6.07) is 9.87. The average Bonchev–Trinajstić information content (AvgIpc) is 2.32. The Morgan fingerprint density at radius 1 is 1.06 bits per heavy atom. The van der Waals surface area contributed by atoms with E-state index in [-0.39, 0.29) is 12.4 Å². The zero-order valence-corrected chi connectivity index (χ0v) is 11.2. The number of ether oxygens (including phenoxy) is 1. The molecule has 0 unspecified atom stereocenters. The van der Waals surface area contributed by atoms with Crippen LogP contribution < -0.4 is 4.74 Å². The lowest BCUT2D eigenvalue weighted by Gasteiger charge is -2.10. The Bertz CT molecular complexity index is 570. The van der Waals surface area contributed by atoms with Crippen molar-refractivity contribution in [1.29, 1.82) is 0 Å². The molecule has 0 amide bonds. The predicted octanol–water partition coefficient (Wildman–Crippen LogP) is 5.02. The summed E-state index contributed by atoms with van der Waals surface area (Å²) in [6.45, 7) is 2.05. The lowest BCUT2D eigenvalue weighted by molar-refractivity contribution is 0.298. The molecular weight excluding hydrogens is 274 g/mol. The van der Waals surface area contributed by atoms with Crippen LogP contribution in [0.2, 0.25) is 10.0 Å². The maximum atomic E-state index is 13.5. The average molecular weight is 285 g/mol. The van der Waals surface area contributed by atoms with E-state index in [0.29, 0.717) is 21.4 Å². The van der Waals surface area contributed by atoms with E-state index in [1.165, 1.54) is 6.07 Å². The SMILES string of the molecule is Cc1ccc(Cl)cc1OCc1ccc(Cl)cc1F. The molecule has 0 atom stereocenters. The Kier molecular flexibility index (Phi) is 4.10. The van der Waals surface area contributed by atoms with Gasteiger partial charge in [-0.15, -0.1) is 0 Å². The summed E-state index contributed by atoms with van der Waals surface area (Å²) in [5.74, 6) is 0.277. The highest BCUT2D eigenvalue weighted by molar-refractivity contribution is 6.30. The van der Waals surface area contributed by atoms with Gasteiger partial charge in [0.1, 0.15) is 18.2 Å². The van der Waals surface area contributed by atoms with Crippen LogP contribution in [0.15, 0.2) is 36.4 Å². The second-order valence-electron chi connectivity index (χ2n) is 3.93. The van der Waals surface area contributed by atoms with Crippen molar-refractivity contribution in [1.82, 2.24) is 0 Å². The molecule has 1 nitrogen and oxygen atoms in total. The third-order valence-corrected chi connectivity index (χ3v) is 3.02. The van der Waals surface area contributed by atoms with Crippen molar-refractivity contribution in [2.45, 2.75) is 13.5 Å². The summed E-state index contributed by atoms with van der Waals surface area (Å²) in [7, 11) is 0. The first-order valence-corrected chi connectivity index (χ1v) is 6.15. The van der Waals surface area contributed by atoms with Gasteiger partial charge in [0, 0.05) is 15.6 Å². The number of benzene rings is 2. The molecule has 0 spiro atoms. The zero-order chi connectivity index (χ0) is 13.1. The van der Waals surface area contributed by atoms with Crippen LogP contribution in [-0.4, -0.2) is 0 Å². The zero-order valence-electron chi connectivity index (χ0n) is 9.71. The first-order valence-electron chi connectivity index (χ1n) is 5.39. The van der Waals surface area contributed by atoms with Gasteiger partial charge in [-0.2, -0.15) is 0 Å². The van der Waals surface area contributed by atoms with E-state index in [9.17, 15) is 4.39 Å². The molecule has 0 saturated heterocycles. The fraction of sp³-hybridized carbons (Fsp3) is 0.143. The third kappa shape index (κ3) is 3.15. The molecule has 2 rings (SSSR count). The minimum Gasteiger partial charge on any atom is -0.488 e. The first kappa shape index (κ1) is 13.2. The summed E-state index contributed by atoms with van der Waals surface area (Å²) >= 11 is 11.6. The lowest BCUT2D eigenvalue weighted by atomic mass is 10.2. The Morgan fingerprint density at radius 3 is 2.44 bits per heavy atom. The molecule has 0 fully saturated rings. The van der Waals surface area contributed by atoms with Crippen molar-refractivity contribution in [2.75, 3.05) is 0 Å². The van der Waals surface area contributed by atoms with Gasteiger partial charge in [-0.3, -0.25) is 0 Å². The molecule has 2 aromatic carbocycles. The Morgan fingerprint density at radius 2 is 1.72 bits per heavy atom. The smallest absolute Gasteiger partial charge is 0.131 e. The van der Waals surface area contributed by atoms with Crippen LogP contribution in [0.3, 0.4) is 0 Å². The monoisotopic (exact) mass is 284 g/mol. The summed E-state index contributed by atoms with van der Waals surface area (Å²) in [5.41, 5.74) is 1.41. The Balaban J connectivity index is 2.13. The molecule has 0 aliphatic rings. The fourth-order valence-electron chi connectivity index (χ4n) is 1.52. The minimum atomic E-state index is -0.373. The van der Waals surface area contributed by atoms with Gasteiger partial charge in [0.15, 0.2) is 0 Å². The van der Waals surface area contributed by atoms with Gasteiger partial charge >= 0.3 is 0 Å². The van der Waals surface area contributed by atoms with Crippen LogP contribution in [0, 0.1) is 12.7 Å². The summed E-state index contributed by atoms with van der Waals surface area (Å²) in [6.07, 6.45) is 0. The second-order valence-corrected chi connectivity index (χ2v) is 4.81. The van der Waals surface area contributed by atoms with Crippen molar-refractivity contribution in [2.24, 2.45) is 0 Å². The van der Waals surface area contributed by atoms with E-state index in [1.54, 1.807) is 24.3 Å². The molecule has 0 saturated carbocycles. The maximum Gasteiger partial charge on any atom is 0.131 e. The number of hydrogen-bond donors (Lipinski definition) is 0. The van der Waals surface area contributed by atoms with Crippen LogP contribution in [0.4, 0.5) is 4.39 Å². The van der Waals surface area contributed by atoms with E-state index in [2.05, 4.69) is 0 Å². The van der Waals surface area contributed by atoms with E-state index in [1.807, 2.05) is 13.0 Å². The molecule has 0 radical (unpaired) electrons. The van der Waals surface area contributed by atoms with E-state index in [4.69, 9.17) is 27.9 Å². The molecule has 0 heterocycles. The molecule has 4 heteroatoms. The van der Waals surface area contributed by atoms with Crippen molar-refractivity contribution in [3.05, 3.63) is 63.4 Å². The highest BCUT2D eigenvalue weighted by atomic mass is 35.5. The van der Waals surface area contributed by atoms with Crippen LogP contribution in [0.5, 0.6) is 5.75 Å². The van der Waals surface area contributed by atoms with Gasteiger partial charge in [0.05, 0.1) is 0 Å². The molecule has 0 aromatic heterocycles. The Labute approximate surface area is 115 Å². The number of rotatable bonds is 3. The molecule has 0 aliphatic heterocycles. The molecule has 18 heavy (non-hydrogen) atoms. The largest absolute Gasteiger partial charge is 0.488 e. The second kappa shape index (κ2) is 5.59. The number of halogens is 3. The standard InChI is InChI=1S/C14H11Cl2FO/c1-9-2-4-12(16)7-14(9)18-8-10-3-5-11(15)6-13(10)17/h2-7H,8H2,1H3. The van der Waals surface area contributed by atoms with E-state index in [0.717, 1.165) is 5.56 Å². The highest BCUT2D eigenvalue weighted by Crippen LogP contribution is 2.24. The van der Waals surface area contributed by atoms with Crippen molar-refractivity contribution in [3.8, 4) is 5.75 Å². The lowest BCUT2D eigenvalue weighted by Crippen LogP contribution is -1.99. The molecule has 0 bridgehead atoms. The number of aryl methyl sites for hydroxylation is 1. The van der Waals surface area contributed by atoms with Crippen molar-refractivity contribution < 1.29 is 9.13 Å². The minimum absolute atomic E-state index is 0.143. The fourth-order valence-corrected chi connectivity index (χ4v) is 1.84. The van der Waals surface area contributed by atoms with Crippen molar-refractivity contribution in [3.63, 3.8) is 0 Å². The number of hydrogen-bond acceptors (Lipinski definition) is 1. The molecule has 94 valence electrons. The van der Waals surface area contributed by atoms with Gasteiger partial charge in [-0.05, 0) is 36.8 Å². The van der Waals surface area contributed by atoms with Gasteiger partial charge in [-0.1, -0.05) is 35.3 Å². The van der Waals surface area contributed by atoms with Gasteiger partial charge in [0.2, 0.25) is 0 Å². The predicted molar refractivity (Wildman–Crippen MR) is 71.9 cm³/mol. The normalized spacial score (nSPS) is 10.4. The Hall–Kier alpha value is -1.25. The van der Waals surface area contributed by atoms with Gasteiger partial charge in [0.25, 0.3) is 0 Å². The molecular formula is C14H11Cl2FO. The maximum absolute atomic E-state index is 13.5. The first-order chi connectivity index (χ1) is 8.56. The van der Waals surface area contributed by atoms with Crippen LogP contribution in [-0.2, 0) is 6.61 Å². The molecule has 2 aromatic rings. The van der Waals surface area contributed by atoms with Crippen LogP contribution >= 0.6 is 23.2 Å². The third-order valence-electron chi connectivity index (χ3n) is 2.55. The summed E-state index contributed by atoms with van der Waals surface area (Å²) in [5, 5.41) is 0.961. The van der Waals surface area contributed by atoms with Crippen LogP contribution in [0.25, 0.3) is 0 Å². The van der Waals surface area contributed by atoms with Crippen LogP contribution in [0.1, 0.15) is 11.1 Å². The molecule has 0 N–H and O–H groups in total. The summed E-state index contributed by atoms with van der Waals surface area (Å²) < 4.78 is 19.1. The topological polar surface area (TPSA) is 9.23 Å².